The molecule has 112 valence electrons. The number of aryl methyl sites for hydroxylation is 1. The number of carbonyl (C=O) groups is 1. The van der Waals surface area contributed by atoms with Crippen LogP contribution in [0, 0.1) is 0 Å². The van der Waals surface area contributed by atoms with Gasteiger partial charge in [-0.25, -0.2) is 4.98 Å². The van der Waals surface area contributed by atoms with Crippen LogP contribution in [0.1, 0.15) is 6.42 Å². The van der Waals surface area contributed by atoms with Crippen LogP contribution < -0.4 is 10.1 Å². The SMILES string of the molecule is COc1ccc(SCC(=O)NCCCn2ccnc2)cc1. The predicted molar refractivity (Wildman–Crippen MR) is 83.6 cm³/mol. The molecule has 1 amide bonds. The summed E-state index contributed by atoms with van der Waals surface area (Å²) < 4.78 is 7.09. The van der Waals surface area contributed by atoms with Crippen LogP contribution in [-0.2, 0) is 11.3 Å². The molecule has 0 aliphatic rings. The van der Waals surface area contributed by atoms with Gasteiger partial charge in [-0.3, -0.25) is 4.79 Å². The number of carbonyl (C=O) groups excluding carboxylic acids is 1. The number of amides is 1. The average Bonchev–Trinajstić information content (AvgIpc) is 3.03. The van der Waals surface area contributed by atoms with Crippen LogP contribution in [0.25, 0.3) is 0 Å². The van der Waals surface area contributed by atoms with E-state index in [1.807, 2.05) is 35.0 Å². The molecule has 2 rings (SSSR count). The molecule has 0 unspecified atom stereocenters. The monoisotopic (exact) mass is 305 g/mol. The highest BCUT2D eigenvalue weighted by molar-refractivity contribution is 8.00. The molecule has 0 radical (unpaired) electrons. The molecule has 0 saturated carbocycles. The van der Waals surface area contributed by atoms with E-state index in [4.69, 9.17) is 4.74 Å². The molecule has 1 heterocycles. The van der Waals surface area contributed by atoms with Gasteiger partial charge in [-0.15, -0.1) is 11.8 Å². The fourth-order valence-corrected chi connectivity index (χ4v) is 2.51. The number of hydrogen-bond donors (Lipinski definition) is 1. The first-order chi connectivity index (χ1) is 10.3. The zero-order valence-corrected chi connectivity index (χ0v) is 12.8. The van der Waals surface area contributed by atoms with E-state index in [1.165, 1.54) is 11.8 Å². The zero-order chi connectivity index (χ0) is 14.9. The Morgan fingerprint density at radius 1 is 1.38 bits per heavy atom. The Bertz CT molecular complexity index is 541. The molecule has 1 N–H and O–H groups in total. The summed E-state index contributed by atoms with van der Waals surface area (Å²) in [6.07, 6.45) is 6.35. The lowest BCUT2D eigenvalue weighted by atomic mass is 10.3. The summed E-state index contributed by atoms with van der Waals surface area (Å²) in [5, 5.41) is 2.92. The number of nitrogens with one attached hydrogen (secondary N) is 1. The maximum atomic E-state index is 11.7. The van der Waals surface area contributed by atoms with E-state index in [0.717, 1.165) is 23.6 Å². The molecule has 0 aliphatic heterocycles. The Balaban J connectivity index is 1.60. The van der Waals surface area contributed by atoms with Crippen LogP contribution in [0.2, 0.25) is 0 Å². The number of benzene rings is 1. The van der Waals surface area contributed by atoms with Gasteiger partial charge in [-0.1, -0.05) is 0 Å². The number of thioether (sulfide) groups is 1. The summed E-state index contributed by atoms with van der Waals surface area (Å²) in [7, 11) is 1.64. The second-order valence-corrected chi connectivity index (χ2v) is 5.52. The maximum absolute atomic E-state index is 11.7. The Labute approximate surface area is 128 Å². The van der Waals surface area contributed by atoms with E-state index in [0.29, 0.717) is 12.3 Å². The fraction of sp³-hybridized carbons (Fsp3) is 0.333. The molecular formula is C15H19N3O2S. The summed E-state index contributed by atoms with van der Waals surface area (Å²) in [6.45, 7) is 1.55. The predicted octanol–water partition coefficient (Wildman–Crippen LogP) is 2.19. The third-order valence-electron chi connectivity index (χ3n) is 2.90. The summed E-state index contributed by atoms with van der Waals surface area (Å²) in [5.74, 6) is 1.31. The van der Waals surface area contributed by atoms with Crippen molar-refractivity contribution in [1.29, 1.82) is 0 Å². The van der Waals surface area contributed by atoms with Crippen molar-refractivity contribution < 1.29 is 9.53 Å². The van der Waals surface area contributed by atoms with Crippen molar-refractivity contribution in [2.45, 2.75) is 17.9 Å². The van der Waals surface area contributed by atoms with E-state index in [-0.39, 0.29) is 5.91 Å². The lowest BCUT2D eigenvalue weighted by Crippen LogP contribution is -2.26. The number of rotatable bonds is 8. The van der Waals surface area contributed by atoms with E-state index < -0.39 is 0 Å². The van der Waals surface area contributed by atoms with Crippen molar-refractivity contribution in [2.75, 3.05) is 19.4 Å². The van der Waals surface area contributed by atoms with Crippen molar-refractivity contribution >= 4 is 17.7 Å². The van der Waals surface area contributed by atoms with E-state index in [9.17, 15) is 4.79 Å². The molecule has 21 heavy (non-hydrogen) atoms. The summed E-state index contributed by atoms with van der Waals surface area (Å²) in [4.78, 5) is 16.8. The van der Waals surface area contributed by atoms with Gasteiger partial charge in [0, 0.05) is 30.4 Å². The van der Waals surface area contributed by atoms with Crippen molar-refractivity contribution in [1.82, 2.24) is 14.9 Å². The molecule has 6 heteroatoms. The van der Waals surface area contributed by atoms with Crippen molar-refractivity contribution in [3.8, 4) is 5.75 Å². The number of aromatic nitrogens is 2. The van der Waals surface area contributed by atoms with Crippen molar-refractivity contribution in [3.63, 3.8) is 0 Å². The van der Waals surface area contributed by atoms with Gasteiger partial charge in [0.05, 0.1) is 19.2 Å². The highest BCUT2D eigenvalue weighted by atomic mass is 32.2. The van der Waals surface area contributed by atoms with Gasteiger partial charge in [0.2, 0.25) is 5.91 Å². The molecule has 0 saturated heterocycles. The summed E-state index contributed by atoms with van der Waals surface area (Å²) in [6, 6.07) is 7.70. The molecular weight excluding hydrogens is 286 g/mol. The first-order valence-electron chi connectivity index (χ1n) is 6.77. The molecule has 0 spiro atoms. The number of imidazole rings is 1. The van der Waals surface area contributed by atoms with Gasteiger partial charge < -0.3 is 14.6 Å². The molecule has 5 nitrogen and oxygen atoms in total. The van der Waals surface area contributed by atoms with Gasteiger partial charge >= 0.3 is 0 Å². The summed E-state index contributed by atoms with van der Waals surface area (Å²) in [5.41, 5.74) is 0. The Kier molecular flexibility index (Phi) is 6.15. The van der Waals surface area contributed by atoms with Crippen LogP contribution in [0.3, 0.4) is 0 Å². The van der Waals surface area contributed by atoms with Crippen molar-refractivity contribution in [2.24, 2.45) is 0 Å². The molecule has 1 aromatic carbocycles. The number of ether oxygens (including phenoxy) is 1. The second kappa shape index (κ2) is 8.36. The van der Waals surface area contributed by atoms with E-state index in [2.05, 4.69) is 10.3 Å². The molecule has 1 aromatic heterocycles. The van der Waals surface area contributed by atoms with Gasteiger partial charge in [0.1, 0.15) is 5.75 Å². The Hall–Kier alpha value is -1.95. The number of nitrogens with zero attached hydrogens (tertiary/aromatic N) is 2. The van der Waals surface area contributed by atoms with Gasteiger partial charge in [0.15, 0.2) is 0 Å². The van der Waals surface area contributed by atoms with Gasteiger partial charge in [-0.2, -0.15) is 0 Å². The van der Waals surface area contributed by atoms with Crippen LogP contribution in [0.4, 0.5) is 0 Å². The van der Waals surface area contributed by atoms with Crippen LogP contribution in [0.15, 0.2) is 47.9 Å². The van der Waals surface area contributed by atoms with Gasteiger partial charge in [-0.05, 0) is 30.7 Å². The minimum absolute atomic E-state index is 0.0569. The minimum Gasteiger partial charge on any atom is -0.497 e. The van der Waals surface area contributed by atoms with E-state index in [1.54, 1.807) is 19.6 Å². The lowest BCUT2D eigenvalue weighted by molar-refractivity contribution is -0.118. The van der Waals surface area contributed by atoms with Crippen LogP contribution in [0.5, 0.6) is 5.75 Å². The fourth-order valence-electron chi connectivity index (χ4n) is 1.78. The quantitative estimate of drug-likeness (QED) is 0.600. The molecule has 0 bridgehead atoms. The third-order valence-corrected chi connectivity index (χ3v) is 3.92. The topological polar surface area (TPSA) is 56.1 Å². The van der Waals surface area contributed by atoms with E-state index >= 15 is 0 Å². The standard InChI is InChI=1S/C15H19N3O2S/c1-20-13-3-5-14(6-4-13)21-11-15(19)17-7-2-9-18-10-8-16-12-18/h3-6,8,10,12H,2,7,9,11H2,1H3,(H,17,19). The number of hydrogen-bond acceptors (Lipinski definition) is 4. The normalized spacial score (nSPS) is 10.3. The number of methoxy groups -OCH3 is 1. The second-order valence-electron chi connectivity index (χ2n) is 4.47. The molecule has 0 fully saturated rings. The lowest BCUT2D eigenvalue weighted by Gasteiger charge is -2.06. The highest BCUT2D eigenvalue weighted by Gasteiger charge is 2.02. The summed E-state index contributed by atoms with van der Waals surface area (Å²) >= 11 is 1.52. The van der Waals surface area contributed by atoms with Crippen molar-refractivity contribution in [3.05, 3.63) is 43.0 Å². The maximum Gasteiger partial charge on any atom is 0.230 e. The molecule has 0 aliphatic carbocycles. The zero-order valence-electron chi connectivity index (χ0n) is 12.0. The van der Waals surface area contributed by atoms with Gasteiger partial charge in [0.25, 0.3) is 0 Å². The van der Waals surface area contributed by atoms with Crippen LogP contribution in [-0.4, -0.2) is 34.9 Å². The minimum atomic E-state index is 0.0569. The third kappa shape index (κ3) is 5.51. The smallest absolute Gasteiger partial charge is 0.230 e. The molecule has 2 aromatic rings. The first-order valence-corrected chi connectivity index (χ1v) is 7.76. The Morgan fingerprint density at radius 3 is 2.86 bits per heavy atom. The largest absolute Gasteiger partial charge is 0.497 e. The first kappa shape index (κ1) is 15.4. The Morgan fingerprint density at radius 2 is 2.19 bits per heavy atom. The molecule has 0 atom stereocenters. The van der Waals surface area contributed by atoms with Crippen LogP contribution >= 0.6 is 11.8 Å². The average molecular weight is 305 g/mol. The highest BCUT2D eigenvalue weighted by Crippen LogP contribution is 2.20.